The molecule has 22 heavy (non-hydrogen) atoms. The molecule has 0 aliphatic rings. The third kappa shape index (κ3) is 5.78. The fraction of sp³-hybridized carbons (Fsp3) is 0.312. The van der Waals surface area contributed by atoms with Gasteiger partial charge in [0.2, 0.25) is 5.90 Å². The maximum atomic E-state index is 11.2. The van der Waals surface area contributed by atoms with Crippen LogP contribution in [-0.2, 0) is 14.3 Å². The van der Waals surface area contributed by atoms with Gasteiger partial charge in [-0.05, 0) is 32.1 Å². The Balaban J connectivity index is 3.08. The van der Waals surface area contributed by atoms with Gasteiger partial charge < -0.3 is 15.2 Å². The molecule has 0 radical (unpaired) electrons. The summed E-state index contributed by atoms with van der Waals surface area (Å²) in [6.07, 6.45) is 1.96. The average Bonchev–Trinajstić information content (AvgIpc) is 2.46. The number of esters is 1. The van der Waals surface area contributed by atoms with E-state index in [2.05, 4.69) is 4.99 Å². The third-order valence-corrected chi connectivity index (χ3v) is 2.70. The predicted molar refractivity (Wildman–Crippen MR) is 83.5 cm³/mol. The molecule has 118 valence electrons. The van der Waals surface area contributed by atoms with Crippen molar-refractivity contribution in [2.45, 2.75) is 32.9 Å². The smallest absolute Gasteiger partial charge is 0.411 e. The summed E-state index contributed by atoms with van der Waals surface area (Å²) in [5.41, 5.74) is 5.69. The lowest BCUT2D eigenvalue weighted by atomic mass is 10.1. The first kappa shape index (κ1) is 17.4. The minimum atomic E-state index is -0.954. The molecular formula is C16H20N2O4. The van der Waals surface area contributed by atoms with Crippen LogP contribution in [0, 0.1) is 0 Å². The zero-order chi connectivity index (χ0) is 16.5. The number of benzene rings is 1. The molecule has 0 aliphatic heterocycles. The molecule has 1 aromatic carbocycles. The summed E-state index contributed by atoms with van der Waals surface area (Å²) in [6, 6.07) is 8.44. The van der Waals surface area contributed by atoms with E-state index in [1.165, 1.54) is 6.92 Å². The molecule has 2 atom stereocenters. The fourth-order valence-corrected chi connectivity index (χ4v) is 1.77. The van der Waals surface area contributed by atoms with E-state index in [9.17, 15) is 9.59 Å². The van der Waals surface area contributed by atoms with Crippen molar-refractivity contribution >= 4 is 18.0 Å². The number of rotatable bonds is 5. The number of nitrogens with two attached hydrogens (primary N) is 1. The molecule has 0 heterocycles. The highest BCUT2D eigenvalue weighted by Crippen LogP contribution is 2.11. The van der Waals surface area contributed by atoms with Crippen LogP contribution in [0.4, 0.5) is 4.79 Å². The lowest BCUT2D eigenvalue weighted by molar-refractivity contribution is -0.144. The molecule has 0 aliphatic carbocycles. The lowest BCUT2D eigenvalue weighted by Gasteiger charge is -2.18. The van der Waals surface area contributed by atoms with Gasteiger partial charge in [-0.15, -0.1) is 0 Å². The standard InChI is InChI=1S/C16H20N2O4/c1-4-8-14(21-12(3)19)11(2)18-15(22-16(17)20)13-9-6-5-7-10-13/h4-11,14H,1-3H3,(H2,17,20)/b8-4+,18-15?/t11-,14?/m0/s1. The SMILES string of the molecule is C/C=C/C(OC(C)=O)[C@H](C)N=C(OC(N)=O)c1ccccc1. The second-order valence-electron chi connectivity index (χ2n) is 4.56. The summed E-state index contributed by atoms with van der Waals surface area (Å²) in [7, 11) is 0. The Hall–Kier alpha value is -2.63. The maximum Gasteiger partial charge on any atom is 0.411 e. The van der Waals surface area contributed by atoms with Crippen LogP contribution in [0.5, 0.6) is 0 Å². The molecule has 1 rings (SSSR count). The van der Waals surface area contributed by atoms with Gasteiger partial charge in [-0.25, -0.2) is 9.79 Å². The zero-order valence-electron chi connectivity index (χ0n) is 12.9. The number of hydrogen-bond acceptors (Lipinski definition) is 5. The van der Waals surface area contributed by atoms with E-state index in [0.29, 0.717) is 5.56 Å². The minimum absolute atomic E-state index is 0.0854. The first-order chi connectivity index (χ1) is 10.4. The molecule has 0 aromatic heterocycles. The monoisotopic (exact) mass is 304 g/mol. The number of carbonyl (C=O) groups excluding carboxylic acids is 2. The lowest BCUT2D eigenvalue weighted by Crippen LogP contribution is -2.28. The number of hydrogen-bond donors (Lipinski definition) is 1. The molecule has 1 unspecified atom stereocenters. The van der Waals surface area contributed by atoms with E-state index in [1.807, 2.05) is 13.0 Å². The molecule has 1 amide bonds. The summed E-state index contributed by atoms with van der Waals surface area (Å²) in [5.74, 6) is -0.329. The zero-order valence-corrected chi connectivity index (χ0v) is 12.9. The van der Waals surface area contributed by atoms with Gasteiger partial charge in [-0.1, -0.05) is 24.3 Å². The van der Waals surface area contributed by atoms with Crippen molar-refractivity contribution in [3.8, 4) is 0 Å². The van der Waals surface area contributed by atoms with Crippen molar-refractivity contribution < 1.29 is 19.1 Å². The molecule has 2 N–H and O–H groups in total. The van der Waals surface area contributed by atoms with Gasteiger partial charge in [-0.3, -0.25) is 4.79 Å². The summed E-state index contributed by atoms with van der Waals surface area (Å²) >= 11 is 0. The van der Waals surface area contributed by atoms with Crippen molar-refractivity contribution in [3.05, 3.63) is 48.0 Å². The van der Waals surface area contributed by atoms with Crippen molar-refractivity contribution in [3.63, 3.8) is 0 Å². The van der Waals surface area contributed by atoms with Gasteiger partial charge in [0.05, 0.1) is 6.04 Å². The van der Waals surface area contributed by atoms with Crippen molar-refractivity contribution in [2.75, 3.05) is 0 Å². The fourth-order valence-electron chi connectivity index (χ4n) is 1.77. The number of carbonyl (C=O) groups is 2. The number of primary amides is 1. The molecule has 0 spiro atoms. The Labute approximate surface area is 129 Å². The number of ether oxygens (including phenoxy) is 2. The third-order valence-electron chi connectivity index (χ3n) is 2.70. The van der Waals surface area contributed by atoms with Crippen molar-refractivity contribution in [1.29, 1.82) is 0 Å². The average molecular weight is 304 g/mol. The number of allylic oxidation sites excluding steroid dienone is 1. The highest BCUT2D eigenvalue weighted by molar-refractivity contribution is 5.99. The van der Waals surface area contributed by atoms with Crippen LogP contribution in [-0.4, -0.2) is 30.1 Å². The van der Waals surface area contributed by atoms with Gasteiger partial charge in [0, 0.05) is 12.5 Å². The largest absolute Gasteiger partial charge is 0.456 e. The second-order valence-corrected chi connectivity index (χ2v) is 4.56. The van der Waals surface area contributed by atoms with Crippen LogP contribution >= 0.6 is 0 Å². The van der Waals surface area contributed by atoms with Gasteiger partial charge in [0.15, 0.2) is 0 Å². The Morgan fingerprint density at radius 2 is 1.91 bits per heavy atom. The molecular weight excluding hydrogens is 284 g/mol. The number of aliphatic imine (C=N–C) groups is 1. The van der Waals surface area contributed by atoms with E-state index in [-0.39, 0.29) is 5.90 Å². The van der Waals surface area contributed by atoms with Gasteiger partial charge in [0.1, 0.15) is 6.10 Å². The topological polar surface area (TPSA) is 91.0 Å². The number of nitrogens with zero attached hydrogens (tertiary/aromatic N) is 1. The minimum Gasteiger partial charge on any atom is -0.456 e. The predicted octanol–water partition coefficient (Wildman–Crippen LogP) is 2.42. The van der Waals surface area contributed by atoms with E-state index in [1.54, 1.807) is 43.3 Å². The Morgan fingerprint density at radius 1 is 1.27 bits per heavy atom. The summed E-state index contributed by atoms with van der Waals surface area (Å²) in [5, 5.41) is 0. The van der Waals surface area contributed by atoms with Gasteiger partial charge in [0.25, 0.3) is 0 Å². The van der Waals surface area contributed by atoms with Gasteiger partial charge in [-0.2, -0.15) is 0 Å². The molecule has 6 nitrogen and oxygen atoms in total. The normalized spacial score (nSPS) is 14.4. The molecule has 1 aromatic rings. The van der Waals surface area contributed by atoms with Crippen LogP contribution in [0.15, 0.2) is 47.5 Å². The van der Waals surface area contributed by atoms with Crippen LogP contribution < -0.4 is 5.73 Å². The highest BCUT2D eigenvalue weighted by atomic mass is 16.6. The highest BCUT2D eigenvalue weighted by Gasteiger charge is 2.19. The molecule has 0 fully saturated rings. The van der Waals surface area contributed by atoms with Crippen molar-refractivity contribution in [1.82, 2.24) is 0 Å². The van der Waals surface area contributed by atoms with Gasteiger partial charge >= 0.3 is 12.1 Å². The van der Waals surface area contributed by atoms with Crippen LogP contribution in [0.3, 0.4) is 0 Å². The summed E-state index contributed by atoms with van der Waals surface area (Å²) in [6.45, 7) is 4.89. The second kappa shape index (κ2) is 8.61. The first-order valence-corrected chi connectivity index (χ1v) is 6.84. The molecule has 0 saturated carbocycles. The van der Waals surface area contributed by atoms with E-state index < -0.39 is 24.2 Å². The summed E-state index contributed by atoms with van der Waals surface area (Å²) in [4.78, 5) is 26.5. The maximum absolute atomic E-state index is 11.2. The number of amides is 1. The molecule has 6 heteroatoms. The molecule has 0 bridgehead atoms. The van der Waals surface area contributed by atoms with E-state index in [0.717, 1.165) is 0 Å². The van der Waals surface area contributed by atoms with Crippen molar-refractivity contribution in [2.24, 2.45) is 10.7 Å². The van der Waals surface area contributed by atoms with E-state index in [4.69, 9.17) is 15.2 Å². The Kier molecular flexibility index (Phi) is 6.82. The Morgan fingerprint density at radius 3 is 2.41 bits per heavy atom. The molecule has 0 saturated heterocycles. The summed E-state index contributed by atoms with van der Waals surface area (Å²) < 4.78 is 10.2. The van der Waals surface area contributed by atoms with Crippen LogP contribution in [0.25, 0.3) is 0 Å². The Bertz CT molecular complexity index is 567. The first-order valence-electron chi connectivity index (χ1n) is 6.84. The van der Waals surface area contributed by atoms with E-state index >= 15 is 0 Å². The quantitative estimate of drug-likeness (QED) is 0.391. The van der Waals surface area contributed by atoms with Crippen LogP contribution in [0.1, 0.15) is 26.3 Å². The van der Waals surface area contributed by atoms with Crippen LogP contribution in [0.2, 0.25) is 0 Å².